The maximum atomic E-state index is 5.78. The van der Waals surface area contributed by atoms with Crippen molar-refractivity contribution in [2.24, 2.45) is 5.73 Å². The zero-order valence-corrected chi connectivity index (χ0v) is 11.7. The highest BCUT2D eigenvalue weighted by atomic mass is 15.2. The second-order valence-corrected chi connectivity index (χ2v) is 5.69. The Morgan fingerprint density at radius 2 is 2.26 bits per heavy atom. The van der Waals surface area contributed by atoms with Gasteiger partial charge in [0.1, 0.15) is 5.65 Å². The molecule has 3 rings (SSSR count). The summed E-state index contributed by atoms with van der Waals surface area (Å²) in [6.45, 7) is 7.38. The van der Waals surface area contributed by atoms with Gasteiger partial charge >= 0.3 is 0 Å². The van der Waals surface area contributed by atoms with E-state index in [0.717, 1.165) is 17.9 Å². The van der Waals surface area contributed by atoms with Crippen molar-refractivity contribution in [1.82, 2.24) is 14.3 Å². The minimum absolute atomic E-state index is 0.552. The summed E-state index contributed by atoms with van der Waals surface area (Å²) in [6.07, 6.45) is 3.38. The third kappa shape index (κ3) is 2.26. The Hall–Kier alpha value is -1.39. The first kappa shape index (κ1) is 12.6. The monoisotopic (exact) mass is 258 g/mol. The van der Waals surface area contributed by atoms with Crippen LogP contribution in [0.2, 0.25) is 0 Å². The predicted octanol–water partition coefficient (Wildman–Crippen LogP) is 1.99. The van der Waals surface area contributed by atoms with Crippen LogP contribution in [0.1, 0.15) is 37.6 Å². The van der Waals surface area contributed by atoms with Gasteiger partial charge in [-0.2, -0.15) is 0 Å². The third-order valence-electron chi connectivity index (χ3n) is 4.17. The summed E-state index contributed by atoms with van der Waals surface area (Å²) in [5, 5.41) is 0. The molecule has 1 fully saturated rings. The van der Waals surface area contributed by atoms with Crippen molar-refractivity contribution >= 4 is 5.65 Å². The highest BCUT2D eigenvalue weighted by molar-refractivity contribution is 5.42. The Bertz CT molecular complexity index is 573. The highest BCUT2D eigenvalue weighted by Crippen LogP contribution is 2.28. The number of imidazole rings is 1. The van der Waals surface area contributed by atoms with E-state index in [4.69, 9.17) is 10.7 Å². The normalized spacial score (nSPS) is 20.7. The Balaban J connectivity index is 1.90. The van der Waals surface area contributed by atoms with E-state index >= 15 is 0 Å². The fourth-order valence-corrected chi connectivity index (χ4v) is 2.95. The molecule has 0 aliphatic carbocycles. The van der Waals surface area contributed by atoms with Crippen LogP contribution in [0, 0.1) is 0 Å². The van der Waals surface area contributed by atoms with Gasteiger partial charge in [-0.25, -0.2) is 4.98 Å². The lowest BCUT2D eigenvalue weighted by molar-refractivity contribution is 0.272. The van der Waals surface area contributed by atoms with Crippen LogP contribution in [0.5, 0.6) is 0 Å². The summed E-state index contributed by atoms with van der Waals surface area (Å²) in [7, 11) is 0. The fourth-order valence-electron chi connectivity index (χ4n) is 2.95. The number of hydrogen-bond donors (Lipinski definition) is 1. The molecule has 1 saturated heterocycles. The number of hydrogen-bond acceptors (Lipinski definition) is 3. The molecule has 0 bridgehead atoms. The third-order valence-corrected chi connectivity index (χ3v) is 4.17. The van der Waals surface area contributed by atoms with Crippen molar-refractivity contribution < 1.29 is 0 Å². The van der Waals surface area contributed by atoms with Gasteiger partial charge in [0, 0.05) is 36.9 Å². The van der Waals surface area contributed by atoms with Crippen molar-refractivity contribution in [2.75, 3.05) is 13.1 Å². The van der Waals surface area contributed by atoms with Gasteiger partial charge < -0.3 is 15.0 Å². The van der Waals surface area contributed by atoms with Crippen molar-refractivity contribution in [2.45, 2.75) is 38.8 Å². The lowest BCUT2D eigenvalue weighted by atomic mass is 10.1. The van der Waals surface area contributed by atoms with E-state index in [1.165, 1.54) is 18.7 Å². The number of nitrogens with zero attached hydrogens (tertiary/aromatic N) is 3. The molecule has 2 aromatic rings. The summed E-state index contributed by atoms with van der Waals surface area (Å²) in [5.41, 5.74) is 9.13. The molecule has 2 aromatic heterocycles. The molecule has 1 unspecified atom stereocenters. The van der Waals surface area contributed by atoms with Crippen molar-refractivity contribution in [3.05, 3.63) is 35.8 Å². The summed E-state index contributed by atoms with van der Waals surface area (Å²) in [4.78, 5) is 7.30. The second-order valence-electron chi connectivity index (χ2n) is 5.69. The van der Waals surface area contributed by atoms with Crippen LogP contribution in [0.25, 0.3) is 5.65 Å². The summed E-state index contributed by atoms with van der Waals surface area (Å²) in [5.74, 6) is 0.563. The van der Waals surface area contributed by atoms with E-state index in [1.54, 1.807) is 0 Å². The van der Waals surface area contributed by atoms with Gasteiger partial charge in [-0.05, 0) is 38.9 Å². The Morgan fingerprint density at radius 1 is 1.42 bits per heavy atom. The molecule has 0 amide bonds. The van der Waals surface area contributed by atoms with Crippen LogP contribution in [0.15, 0.2) is 24.4 Å². The molecule has 19 heavy (non-hydrogen) atoms. The van der Waals surface area contributed by atoms with Crippen molar-refractivity contribution in [1.29, 1.82) is 0 Å². The molecule has 1 aliphatic rings. The Labute approximate surface area is 114 Å². The first-order chi connectivity index (χ1) is 9.19. The van der Waals surface area contributed by atoms with Gasteiger partial charge in [0.05, 0.1) is 5.69 Å². The molecular formula is C15H22N4. The van der Waals surface area contributed by atoms with Gasteiger partial charge in [0.25, 0.3) is 0 Å². The van der Waals surface area contributed by atoms with Gasteiger partial charge in [-0.15, -0.1) is 0 Å². The van der Waals surface area contributed by atoms with Crippen molar-refractivity contribution in [3.63, 3.8) is 0 Å². The maximum absolute atomic E-state index is 5.78. The van der Waals surface area contributed by atoms with Crippen LogP contribution in [0.3, 0.4) is 0 Å². The van der Waals surface area contributed by atoms with Gasteiger partial charge in [0.2, 0.25) is 0 Å². The Morgan fingerprint density at radius 3 is 2.95 bits per heavy atom. The molecule has 4 nitrogen and oxygen atoms in total. The number of aromatic nitrogens is 2. The highest BCUT2D eigenvalue weighted by Gasteiger charge is 2.27. The first-order valence-electron chi connectivity index (χ1n) is 7.10. The minimum atomic E-state index is 0.552. The molecule has 4 heteroatoms. The average molecular weight is 258 g/mol. The van der Waals surface area contributed by atoms with Gasteiger partial charge in [0.15, 0.2) is 0 Å². The molecule has 0 radical (unpaired) electrons. The molecule has 2 N–H and O–H groups in total. The molecule has 0 spiro atoms. The van der Waals surface area contributed by atoms with E-state index in [-0.39, 0.29) is 0 Å². The van der Waals surface area contributed by atoms with Gasteiger partial charge in [-0.3, -0.25) is 0 Å². The van der Waals surface area contributed by atoms with Gasteiger partial charge in [-0.1, -0.05) is 6.07 Å². The van der Waals surface area contributed by atoms with Crippen LogP contribution in [-0.2, 0) is 6.54 Å². The molecule has 102 valence electrons. The number of likely N-dealkylation sites (tertiary alicyclic amines) is 1. The topological polar surface area (TPSA) is 46.6 Å². The molecule has 1 aliphatic heterocycles. The fraction of sp³-hybridized carbons (Fsp3) is 0.533. The Kier molecular flexibility index (Phi) is 3.29. The minimum Gasteiger partial charge on any atom is -0.325 e. The smallest absolute Gasteiger partial charge is 0.137 e. The van der Waals surface area contributed by atoms with E-state index in [9.17, 15) is 0 Å². The quantitative estimate of drug-likeness (QED) is 0.916. The SMILES string of the molecule is CC(C)N1CCC(c2cn3c(CN)cccc3n2)C1. The van der Waals surface area contributed by atoms with E-state index in [0.29, 0.717) is 18.5 Å². The van der Waals surface area contributed by atoms with Crippen LogP contribution < -0.4 is 5.73 Å². The van der Waals surface area contributed by atoms with Crippen molar-refractivity contribution in [3.8, 4) is 0 Å². The van der Waals surface area contributed by atoms with Crippen LogP contribution >= 0.6 is 0 Å². The number of nitrogens with two attached hydrogens (primary N) is 1. The average Bonchev–Trinajstić information content (AvgIpc) is 3.04. The largest absolute Gasteiger partial charge is 0.325 e. The molecule has 3 heterocycles. The van der Waals surface area contributed by atoms with E-state index in [2.05, 4.69) is 41.5 Å². The molecule has 1 atom stereocenters. The number of pyridine rings is 1. The lowest BCUT2D eigenvalue weighted by Crippen LogP contribution is -2.27. The van der Waals surface area contributed by atoms with E-state index in [1.807, 2.05) is 6.07 Å². The summed E-state index contributed by atoms with van der Waals surface area (Å²) >= 11 is 0. The number of rotatable bonds is 3. The first-order valence-corrected chi connectivity index (χ1v) is 7.10. The molecular weight excluding hydrogens is 236 g/mol. The summed E-state index contributed by atoms with van der Waals surface area (Å²) < 4.78 is 2.13. The van der Waals surface area contributed by atoms with E-state index < -0.39 is 0 Å². The zero-order valence-electron chi connectivity index (χ0n) is 11.7. The summed E-state index contributed by atoms with van der Waals surface area (Å²) in [6, 6.07) is 6.77. The standard InChI is InChI=1S/C15H22N4/c1-11(2)18-7-6-12(9-18)14-10-19-13(8-16)4-3-5-15(19)17-14/h3-5,10-12H,6-9,16H2,1-2H3. The maximum Gasteiger partial charge on any atom is 0.137 e. The lowest BCUT2D eigenvalue weighted by Gasteiger charge is -2.19. The van der Waals surface area contributed by atoms with Crippen LogP contribution in [0.4, 0.5) is 0 Å². The molecule has 0 saturated carbocycles. The number of fused-ring (bicyclic) bond motifs is 1. The molecule has 0 aromatic carbocycles. The van der Waals surface area contributed by atoms with Crippen LogP contribution in [-0.4, -0.2) is 33.4 Å². The predicted molar refractivity (Wildman–Crippen MR) is 77.2 cm³/mol. The second kappa shape index (κ2) is 4.94. The zero-order chi connectivity index (χ0) is 13.4.